The minimum atomic E-state index is -0.480. The molecule has 0 saturated carbocycles. The van der Waals surface area contributed by atoms with E-state index < -0.39 is 5.82 Å². The molecule has 0 spiro atoms. The average molecular weight is 245 g/mol. The zero-order chi connectivity index (χ0) is 12.5. The van der Waals surface area contributed by atoms with E-state index in [0.29, 0.717) is 5.69 Å². The van der Waals surface area contributed by atoms with Crippen LogP contribution in [0, 0.1) is 11.2 Å². The fourth-order valence-electron chi connectivity index (χ4n) is 1.68. The van der Waals surface area contributed by atoms with Crippen molar-refractivity contribution in [1.82, 2.24) is 0 Å². The van der Waals surface area contributed by atoms with Crippen LogP contribution in [0.5, 0.6) is 0 Å². The summed E-state index contributed by atoms with van der Waals surface area (Å²) in [5, 5.41) is 0.102. The number of hydrogen-bond acceptors (Lipinski definition) is 2. The van der Waals surface area contributed by atoms with Crippen molar-refractivity contribution in [3.8, 4) is 0 Å². The van der Waals surface area contributed by atoms with Crippen molar-refractivity contribution >= 4 is 23.0 Å². The molecular formula is C12H18ClFN2. The molecule has 0 heterocycles. The number of hydrogen-bond donors (Lipinski definition) is 1. The Morgan fingerprint density at radius 1 is 1.38 bits per heavy atom. The molecule has 0 aromatic heterocycles. The lowest BCUT2D eigenvalue weighted by molar-refractivity contribution is 0.419. The maximum atomic E-state index is 13.1. The van der Waals surface area contributed by atoms with Crippen LogP contribution in [0.1, 0.15) is 20.8 Å². The molecule has 4 heteroatoms. The summed E-state index contributed by atoms with van der Waals surface area (Å²) in [5.41, 5.74) is 7.09. The molecule has 1 aromatic rings. The van der Waals surface area contributed by atoms with Gasteiger partial charge in [0.2, 0.25) is 0 Å². The van der Waals surface area contributed by atoms with E-state index in [0.717, 1.165) is 12.2 Å². The molecule has 0 aliphatic carbocycles. The predicted molar refractivity (Wildman–Crippen MR) is 68.5 cm³/mol. The van der Waals surface area contributed by atoms with E-state index in [-0.39, 0.29) is 10.4 Å². The topological polar surface area (TPSA) is 29.3 Å². The third-order valence-corrected chi connectivity index (χ3v) is 2.48. The molecule has 2 nitrogen and oxygen atoms in total. The fourth-order valence-corrected chi connectivity index (χ4v) is 1.84. The molecule has 90 valence electrons. The summed E-state index contributed by atoms with van der Waals surface area (Å²) in [6.45, 7) is 7.21. The second kappa shape index (κ2) is 4.50. The molecule has 2 N–H and O–H groups in total. The molecular weight excluding hydrogens is 227 g/mol. The zero-order valence-corrected chi connectivity index (χ0v) is 10.9. The lowest BCUT2D eigenvalue weighted by Crippen LogP contribution is -2.29. The molecule has 0 amide bonds. The SMILES string of the molecule is CN(CC(C)(C)C)c1cc(Cl)c(F)cc1N. The monoisotopic (exact) mass is 244 g/mol. The maximum Gasteiger partial charge on any atom is 0.143 e. The Hall–Kier alpha value is -0.960. The molecule has 1 rings (SSSR count). The molecule has 0 unspecified atom stereocenters. The molecule has 0 aliphatic rings. The molecule has 0 aliphatic heterocycles. The first-order valence-electron chi connectivity index (χ1n) is 5.16. The van der Waals surface area contributed by atoms with Gasteiger partial charge in [0.15, 0.2) is 0 Å². The highest BCUT2D eigenvalue weighted by Gasteiger charge is 2.16. The van der Waals surface area contributed by atoms with Crippen molar-refractivity contribution in [1.29, 1.82) is 0 Å². The van der Waals surface area contributed by atoms with Gasteiger partial charge in [0.25, 0.3) is 0 Å². The highest BCUT2D eigenvalue weighted by atomic mass is 35.5. The van der Waals surface area contributed by atoms with Gasteiger partial charge in [-0.05, 0) is 11.5 Å². The number of nitrogens with two attached hydrogens (primary N) is 1. The minimum Gasteiger partial charge on any atom is -0.397 e. The van der Waals surface area contributed by atoms with E-state index in [1.54, 1.807) is 6.07 Å². The Kier molecular flexibility index (Phi) is 3.68. The number of benzene rings is 1. The van der Waals surface area contributed by atoms with Gasteiger partial charge in [-0.25, -0.2) is 4.39 Å². The summed E-state index contributed by atoms with van der Waals surface area (Å²) >= 11 is 5.74. The summed E-state index contributed by atoms with van der Waals surface area (Å²) in [4.78, 5) is 1.99. The van der Waals surface area contributed by atoms with Gasteiger partial charge in [-0.3, -0.25) is 0 Å². The standard InChI is InChI=1S/C12H18ClFN2/c1-12(2,3)7-16(4)11-5-8(13)9(14)6-10(11)15/h5-6H,7,15H2,1-4H3. The first-order valence-corrected chi connectivity index (χ1v) is 5.54. The minimum absolute atomic E-state index is 0.102. The van der Waals surface area contributed by atoms with Crippen LogP contribution in [0.3, 0.4) is 0 Å². The smallest absolute Gasteiger partial charge is 0.143 e. The molecule has 0 fully saturated rings. The molecule has 0 radical (unpaired) electrons. The number of rotatable bonds is 2. The second-order valence-electron chi connectivity index (χ2n) is 5.24. The first-order chi connectivity index (χ1) is 7.20. The van der Waals surface area contributed by atoms with E-state index in [4.69, 9.17) is 17.3 Å². The number of halogens is 2. The number of anilines is 2. The Balaban J connectivity index is 3.00. The van der Waals surface area contributed by atoms with Crippen molar-refractivity contribution in [2.24, 2.45) is 5.41 Å². The van der Waals surface area contributed by atoms with Crippen molar-refractivity contribution in [3.05, 3.63) is 23.0 Å². The van der Waals surface area contributed by atoms with Gasteiger partial charge in [0.1, 0.15) is 5.82 Å². The second-order valence-corrected chi connectivity index (χ2v) is 5.65. The number of nitrogens with zero attached hydrogens (tertiary/aromatic N) is 1. The third-order valence-electron chi connectivity index (χ3n) is 2.19. The summed E-state index contributed by atoms with van der Waals surface area (Å²) < 4.78 is 13.1. The highest BCUT2D eigenvalue weighted by Crippen LogP contribution is 2.30. The Morgan fingerprint density at radius 3 is 2.44 bits per heavy atom. The predicted octanol–water partition coefficient (Wildman–Crippen LogP) is 3.54. The molecule has 0 saturated heterocycles. The molecule has 16 heavy (non-hydrogen) atoms. The van der Waals surface area contributed by atoms with Crippen LogP contribution in [0.4, 0.5) is 15.8 Å². The van der Waals surface area contributed by atoms with Gasteiger partial charge in [-0.1, -0.05) is 32.4 Å². The maximum absolute atomic E-state index is 13.1. The summed E-state index contributed by atoms with van der Waals surface area (Å²) in [5.74, 6) is -0.480. The van der Waals surface area contributed by atoms with Crippen LogP contribution >= 0.6 is 11.6 Å². The third kappa shape index (κ3) is 3.27. The van der Waals surface area contributed by atoms with Crippen LogP contribution in [0.25, 0.3) is 0 Å². The lowest BCUT2D eigenvalue weighted by atomic mass is 9.96. The Bertz CT molecular complexity index is 385. The lowest BCUT2D eigenvalue weighted by Gasteiger charge is -2.29. The van der Waals surface area contributed by atoms with Gasteiger partial charge in [-0.15, -0.1) is 0 Å². The highest BCUT2D eigenvalue weighted by molar-refractivity contribution is 6.31. The van der Waals surface area contributed by atoms with Gasteiger partial charge in [-0.2, -0.15) is 0 Å². The Morgan fingerprint density at radius 2 is 1.94 bits per heavy atom. The van der Waals surface area contributed by atoms with E-state index in [1.807, 2.05) is 11.9 Å². The van der Waals surface area contributed by atoms with Crippen molar-refractivity contribution < 1.29 is 4.39 Å². The average Bonchev–Trinajstić information content (AvgIpc) is 2.08. The van der Waals surface area contributed by atoms with E-state index >= 15 is 0 Å². The fraction of sp³-hybridized carbons (Fsp3) is 0.500. The number of nitrogen functional groups attached to an aromatic ring is 1. The van der Waals surface area contributed by atoms with Crippen LogP contribution in [0.2, 0.25) is 5.02 Å². The van der Waals surface area contributed by atoms with Crippen LogP contribution in [-0.4, -0.2) is 13.6 Å². The summed E-state index contributed by atoms with van der Waals surface area (Å²) in [6.07, 6.45) is 0. The van der Waals surface area contributed by atoms with E-state index in [9.17, 15) is 4.39 Å². The van der Waals surface area contributed by atoms with Crippen molar-refractivity contribution in [2.45, 2.75) is 20.8 Å². The normalized spacial score (nSPS) is 11.6. The van der Waals surface area contributed by atoms with Crippen LogP contribution < -0.4 is 10.6 Å². The first kappa shape index (κ1) is 13.1. The zero-order valence-electron chi connectivity index (χ0n) is 10.1. The largest absolute Gasteiger partial charge is 0.397 e. The van der Waals surface area contributed by atoms with Crippen LogP contribution in [0.15, 0.2) is 12.1 Å². The van der Waals surface area contributed by atoms with Gasteiger partial charge in [0.05, 0.1) is 16.4 Å². The molecule has 0 atom stereocenters. The van der Waals surface area contributed by atoms with Crippen molar-refractivity contribution in [2.75, 3.05) is 24.2 Å². The van der Waals surface area contributed by atoms with Gasteiger partial charge in [0, 0.05) is 19.7 Å². The van der Waals surface area contributed by atoms with Gasteiger partial charge < -0.3 is 10.6 Å². The van der Waals surface area contributed by atoms with E-state index in [1.165, 1.54) is 6.07 Å². The van der Waals surface area contributed by atoms with Crippen LogP contribution in [-0.2, 0) is 0 Å². The van der Waals surface area contributed by atoms with E-state index in [2.05, 4.69) is 20.8 Å². The molecule has 0 bridgehead atoms. The summed E-state index contributed by atoms with van der Waals surface area (Å²) in [6, 6.07) is 2.83. The quantitative estimate of drug-likeness (QED) is 0.807. The Labute approximate surface area is 101 Å². The van der Waals surface area contributed by atoms with Gasteiger partial charge >= 0.3 is 0 Å². The molecule has 1 aromatic carbocycles. The van der Waals surface area contributed by atoms with Crippen molar-refractivity contribution in [3.63, 3.8) is 0 Å². The summed E-state index contributed by atoms with van der Waals surface area (Å²) in [7, 11) is 1.92.